The van der Waals surface area contributed by atoms with Crippen LogP contribution in [-0.4, -0.2) is 29.1 Å². The highest BCUT2D eigenvalue weighted by atomic mass is 15.3. The Hall–Kier alpha value is -2.10. The van der Waals surface area contributed by atoms with Crippen molar-refractivity contribution in [3.05, 3.63) is 41.6 Å². The minimum atomic E-state index is 0.427. The number of hydrogen-bond acceptors (Lipinski definition) is 4. The minimum Gasteiger partial charge on any atom is -0.341 e. The van der Waals surface area contributed by atoms with Crippen LogP contribution in [0.5, 0.6) is 0 Å². The fourth-order valence-electron chi connectivity index (χ4n) is 3.22. The van der Waals surface area contributed by atoms with Crippen LogP contribution in [-0.2, 0) is 6.42 Å². The predicted octanol–water partition coefficient (Wildman–Crippen LogP) is 3.71. The molecule has 0 spiro atoms. The SMILES string of the molecule is CCN(CC)c1nc(C)cc(N2c3ccccc3CC2C)n1. The molecule has 0 radical (unpaired) electrons. The number of rotatable bonds is 4. The zero-order chi connectivity index (χ0) is 15.7. The van der Waals surface area contributed by atoms with E-state index in [1.165, 1.54) is 11.3 Å². The van der Waals surface area contributed by atoms with Crippen molar-refractivity contribution in [2.75, 3.05) is 22.9 Å². The number of aryl methyl sites for hydroxylation is 1. The monoisotopic (exact) mass is 296 g/mol. The summed E-state index contributed by atoms with van der Waals surface area (Å²) >= 11 is 0. The standard InChI is InChI=1S/C18H24N4/c1-5-21(6-2)18-19-13(3)11-17(20-18)22-14(4)12-15-9-7-8-10-16(15)22/h7-11,14H,5-6,12H2,1-4H3. The molecule has 0 amide bonds. The maximum atomic E-state index is 4.85. The summed E-state index contributed by atoms with van der Waals surface area (Å²) in [5.41, 5.74) is 3.69. The molecule has 3 rings (SSSR count). The first kappa shape index (κ1) is 14.8. The molecule has 4 heteroatoms. The topological polar surface area (TPSA) is 32.3 Å². The number of benzene rings is 1. The third-order valence-corrected chi connectivity index (χ3v) is 4.33. The normalized spacial score (nSPS) is 16.7. The summed E-state index contributed by atoms with van der Waals surface area (Å²) in [4.78, 5) is 14.0. The van der Waals surface area contributed by atoms with Gasteiger partial charge in [-0.2, -0.15) is 4.98 Å². The molecule has 1 aromatic heterocycles. The Morgan fingerprint density at radius 2 is 1.91 bits per heavy atom. The minimum absolute atomic E-state index is 0.427. The summed E-state index contributed by atoms with van der Waals surface area (Å²) in [5.74, 6) is 1.84. The van der Waals surface area contributed by atoms with Crippen molar-refractivity contribution in [2.24, 2.45) is 0 Å². The second kappa shape index (κ2) is 5.95. The lowest BCUT2D eigenvalue weighted by Gasteiger charge is -2.26. The van der Waals surface area contributed by atoms with Gasteiger partial charge in [-0.15, -0.1) is 0 Å². The van der Waals surface area contributed by atoms with Gasteiger partial charge in [-0.1, -0.05) is 18.2 Å². The molecule has 1 atom stereocenters. The van der Waals surface area contributed by atoms with Gasteiger partial charge in [0, 0.05) is 36.6 Å². The number of nitrogens with zero attached hydrogens (tertiary/aromatic N) is 4. The largest absolute Gasteiger partial charge is 0.341 e. The van der Waals surface area contributed by atoms with Crippen molar-refractivity contribution in [3.63, 3.8) is 0 Å². The van der Waals surface area contributed by atoms with E-state index in [9.17, 15) is 0 Å². The molecule has 2 heterocycles. The van der Waals surface area contributed by atoms with E-state index in [1.54, 1.807) is 0 Å². The highest BCUT2D eigenvalue weighted by Crippen LogP contribution is 2.37. The zero-order valence-corrected chi connectivity index (χ0v) is 13.9. The van der Waals surface area contributed by atoms with E-state index >= 15 is 0 Å². The summed E-state index contributed by atoms with van der Waals surface area (Å²) in [6.07, 6.45) is 1.07. The van der Waals surface area contributed by atoms with E-state index in [-0.39, 0.29) is 0 Å². The highest BCUT2D eigenvalue weighted by Gasteiger charge is 2.28. The molecule has 2 aromatic rings. The van der Waals surface area contributed by atoms with Gasteiger partial charge in [0.25, 0.3) is 0 Å². The van der Waals surface area contributed by atoms with Gasteiger partial charge < -0.3 is 9.80 Å². The molecule has 0 saturated heterocycles. The lowest BCUT2D eigenvalue weighted by Crippen LogP contribution is -2.28. The van der Waals surface area contributed by atoms with Crippen LogP contribution < -0.4 is 9.80 Å². The second-order valence-corrected chi connectivity index (χ2v) is 5.89. The maximum absolute atomic E-state index is 4.85. The van der Waals surface area contributed by atoms with Gasteiger partial charge in [0.2, 0.25) is 5.95 Å². The Kier molecular flexibility index (Phi) is 4.01. The van der Waals surface area contributed by atoms with Gasteiger partial charge in [-0.05, 0) is 45.7 Å². The molecule has 4 nitrogen and oxygen atoms in total. The van der Waals surface area contributed by atoms with Gasteiger partial charge in [0.1, 0.15) is 5.82 Å². The van der Waals surface area contributed by atoms with Gasteiger partial charge >= 0.3 is 0 Å². The summed E-state index contributed by atoms with van der Waals surface area (Å²) < 4.78 is 0. The summed E-state index contributed by atoms with van der Waals surface area (Å²) in [7, 11) is 0. The van der Waals surface area contributed by atoms with Crippen LogP contribution in [0.2, 0.25) is 0 Å². The average Bonchev–Trinajstić information content (AvgIpc) is 2.83. The molecule has 116 valence electrons. The predicted molar refractivity (Wildman–Crippen MR) is 92.1 cm³/mol. The van der Waals surface area contributed by atoms with Gasteiger partial charge in [-0.25, -0.2) is 4.98 Å². The number of hydrogen-bond donors (Lipinski definition) is 0. The van der Waals surface area contributed by atoms with E-state index in [4.69, 9.17) is 4.98 Å². The van der Waals surface area contributed by atoms with Crippen LogP contribution in [0.15, 0.2) is 30.3 Å². The third kappa shape index (κ3) is 2.54. The second-order valence-electron chi connectivity index (χ2n) is 5.89. The smallest absolute Gasteiger partial charge is 0.227 e. The Bertz CT molecular complexity index is 664. The Morgan fingerprint density at radius 3 is 2.64 bits per heavy atom. The van der Waals surface area contributed by atoms with Crippen molar-refractivity contribution in [3.8, 4) is 0 Å². The van der Waals surface area contributed by atoms with E-state index in [0.717, 1.165) is 37.0 Å². The molecule has 0 fully saturated rings. The maximum Gasteiger partial charge on any atom is 0.227 e. The Morgan fingerprint density at radius 1 is 1.18 bits per heavy atom. The molecule has 0 aliphatic carbocycles. The van der Waals surface area contributed by atoms with Crippen LogP contribution in [0.1, 0.15) is 32.0 Å². The lowest BCUT2D eigenvalue weighted by atomic mass is 10.1. The molecule has 0 bridgehead atoms. The first-order chi connectivity index (χ1) is 10.6. The van der Waals surface area contributed by atoms with Crippen molar-refractivity contribution in [1.82, 2.24) is 9.97 Å². The van der Waals surface area contributed by atoms with Crippen LogP contribution >= 0.6 is 0 Å². The van der Waals surface area contributed by atoms with E-state index in [0.29, 0.717) is 6.04 Å². The number of para-hydroxylation sites is 1. The van der Waals surface area contributed by atoms with Crippen molar-refractivity contribution in [2.45, 2.75) is 40.2 Å². The molecule has 22 heavy (non-hydrogen) atoms. The molecular weight excluding hydrogens is 272 g/mol. The lowest BCUT2D eigenvalue weighted by molar-refractivity contribution is 0.742. The molecule has 1 unspecified atom stereocenters. The number of aromatic nitrogens is 2. The van der Waals surface area contributed by atoms with Crippen molar-refractivity contribution in [1.29, 1.82) is 0 Å². The van der Waals surface area contributed by atoms with Gasteiger partial charge in [0.05, 0.1) is 0 Å². The zero-order valence-electron chi connectivity index (χ0n) is 13.9. The molecule has 0 N–H and O–H groups in total. The Labute approximate surface area is 132 Å². The molecule has 0 saturated carbocycles. The number of fused-ring (bicyclic) bond motifs is 1. The van der Waals surface area contributed by atoms with Crippen LogP contribution in [0, 0.1) is 6.92 Å². The van der Waals surface area contributed by atoms with Crippen molar-refractivity contribution < 1.29 is 0 Å². The van der Waals surface area contributed by atoms with E-state index < -0.39 is 0 Å². The van der Waals surface area contributed by atoms with Gasteiger partial charge in [-0.3, -0.25) is 0 Å². The van der Waals surface area contributed by atoms with E-state index in [2.05, 4.69) is 65.9 Å². The summed E-state index contributed by atoms with van der Waals surface area (Å²) in [6.45, 7) is 10.4. The molecule has 1 aliphatic rings. The molecule has 1 aromatic carbocycles. The average molecular weight is 296 g/mol. The number of anilines is 3. The van der Waals surface area contributed by atoms with E-state index in [1.807, 2.05) is 6.92 Å². The third-order valence-electron chi connectivity index (χ3n) is 4.33. The molecule has 1 aliphatic heterocycles. The summed E-state index contributed by atoms with van der Waals surface area (Å²) in [5, 5.41) is 0. The first-order valence-electron chi connectivity index (χ1n) is 8.11. The quantitative estimate of drug-likeness (QED) is 0.861. The van der Waals surface area contributed by atoms with Crippen molar-refractivity contribution >= 4 is 17.5 Å². The highest BCUT2D eigenvalue weighted by molar-refractivity contribution is 5.69. The Balaban J connectivity index is 2.05. The van der Waals surface area contributed by atoms with Crippen LogP contribution in [0.25, 0.3) is 0 Å². The fourth-order valence-corrected chi connectivity index (χ4v) is 3.22. The summed E-state index contributed by atoms with van der Waals surface area (Å²) in [6, 6.07) is 11.1. The van der Waals surface area contributed by atoms with Gasteiger partial charge in [0.15, 0.2) is 0 Å². The van der Waals surface area contributed by atoms with Crippen LogP contribution in [0.3, 0.4) is 0 Å². The molecular formula is C18H24N4. The first-order valence-corrected chi connectivity index (χ1v) is 8.11. The fraction of sp³-hybridized carbons (Fsp3) is 0.444. The van der Waals surface area contributed by atoms with Crippen LogP contribution in [0.4, 0.5) is 17.5 Å².